The van der Waals surface area contributed by atoms with Gasteiger partial charge in [0, 0.05) is 18.7 Å². The third-order valence-electron chi connectivity index (χ3n) is 4.72. The molecule has 0 saturated heterocycles. The van der Waals surface area contributed by atoms with Gasteiger partial charge in [0.1, 0.15) is 0 Å². The second-order valence-corrected chi connectivity index (χ2v) is 6.73. The predicted octanol–water partition coefficient (Wildman–Crippen LogP) is 2.62. The van der Waals surface area contributed by atoms with Crippen molar-refractivity contribution in [3.63, 3.8) is 0 Å². The van der Waals surface area contributed by atoms with Gasteiger partial charge < -0.3 is 10.6 Å². The van der Waals surface area contributed by atoms with Gasteiger partial charge in [-0.3, -0.25) is 9.59 Å². The molecule has 1 aromatic carbocycles. The molecule has 7 nitrogen and oxygen atoms in total. The maximum atomic E-state index is 12.1. The van der Waals surface area contributed by atoms with Crippen molar-refractivity contribution in [2.24, 2.45) is 5.92 Å². The van der Waals surface area contributed by atoms with Crippen molar-refractivity contribution in [1.82, 2.24) is 20.3 Å². The van der Waals surface area contributed by atoms with Gasteiger partial charge in [-0.25, -0.2) is 4.68 Å². The minimum atomic E-state index is -0.303. The third kappa shape index (κ3) is 5.40. The summed E-state index contributed by atoms with van der Waals surface area (Å²) < 4.78 is 1.57. The van der Waals surface area contributed by atoms with Crippen LogP contribution in [0.4, 0.5) is 5.69 Å². The van der Waals surface area contributed by atoms with Crippen LogP contribution in [0.2, 0.25) is 0 Å². The lowest BCUT2D eigenvalue weighted by molar-refractivity contribution is -0.121. The summed E-state index contributed by atoms with van der Waals surface area (Å²) in [6.07, 6.45) is 8.30. The minimum Gasteiger partial charge on any atom is -0.354 e. The van der Waals surface area contributed by atoms with Crippen LogP contribution >= 0.6 is 0 Å². The topological polar surface area (TPSA) is 88.9 Å². The number of carbonyl (C=O) groups is 2. The first kappa shape index (κ1) is 18.1. The highest BCUT2D eigenvalue weighted by atomic mass is 16.2. The van der Waals surface area contributed by atoms with E-state index in [-0.39, 0.29) is 17.5 Å². The van der Waals surface area contributed by atoms with Gasteiger partial charge >= 0.3 is 0 Å². The summed E-state index contributed by atoms with van der Waals surface area (Å²) in [6.45, 7) is 0.966. The van der Waals surface area contributed by atoms with Crippen LogP contribution in [0.3, 0.4) is 0 Å². The van der Waals surface area contributed by atoms with E-state index in [1.165, 1.54) is 25.7 Å². The molecule has 1 aliphatic rings. The molecule has 0 spiro atoms. The zero-order valence-corrected chi connectivity index (χ0v) is 14.9. The van der Waals surface area contributed by atoms with Crippen LogP contribution in [0.25, 0.3) is 0 Å². The Labute approximate surface area is 153 Å². The van der Waals surface area contributed by atoms with E-state index in [4.69, 9.17) is 0 Å². The Hall–Kier alpha value is -2.70. The summed E-state index contributed by atoms with van der Waals surface area (Å²) in [7, 11) is 0. The van der Waals surface area contributed by atoms with Crippen molar-refractivity contribution < 1.29 is 9.59 Å². The Morgan fingerprint density at radius 3 is 2.69 bits per heavy atom. The van der Waals surface area contributed by atoms with Crippen molar-refractivity contribution in [2.45, 2.75) is 45.1 Å². The molecule has 2 N–H and O–H groups in total. The second-order valence-electron chi connectivity index (χ2n) is 6.73. The Kier molecular flexibility index (Phi) is 6.35. The molecule has 1 aromatic heterocycles. The second kappa shape index (κ2) is 9.12. The lowest BCUT2D eigenvalue weighted by atomic mass is 10.0. The Bertz CT molecular complexity index is 723. The first-order chi connectivity index (χ1) is 12.7. The number of anilines is 1. The highest BCUT2D eigenvalue weighted by Crippen LogP contribution is 2.28. The molecule has 3 rings (SSSR count). The van der Waals surface area contributed by atoms with E-state index in [0.29, 0.717) is 25.2 Å². The van der Waals surface area contributed by atoms with Gasteiger partial charge in [0.15, 0.2) is 5.69 Å². The fourth-order valence-corrected chi connectivity index (χ4v) is 3.26. The van der Waals surface area contributed by atoms with Crippen LogP contribution < -0.4 is 10.6 Å². The lowest BCUT2D eigenvalue weighted by Crippen LogP contribution is -2.27. The quantitative estimate of drug-likeness (QED) is 0.762. The molecule has 7 heteroatoms. The smallest absolute Gasteiger partial charge is 0.277 e. The fourth-order valence-electron chi connectivity index (χ4n) is 3.26. The van der Waals surface area contributed by atoms with E-state index in [1.807, 2.05) is 30.3 Å². The van der Waals surface area contributed by atoms with E-state index in [1.54, 1.807) is 10.9 Å². The van der Waals surface area contributed by atoms with Crippen molar-refractivity contribution in [1.29, 1.82) is 0 Å². The Morgan fingerprint density at radius 2 is 1.92 bits per heavy atom. The molecule has 1 fully saturated rings. The summed E-state index contributed by atoms with van der Waals surface area (Å²) in [5.74, 6) is 0.504. The number of nitrogens with zero attached hydrogens (tertiary/aromatic N) is 3. The third-order valence-corrected chi connectivity index (χ3v) is 4.72. The first-order valence-electron chi connectivity index (χ1n) is 9.24. The Morgan fingerprint density at radius 1 is 1.15 bits per heavy atom. The lowest BCUT2D eigenvalue weighted by Gasteiger charge is -2.09. The number of rotatable bonds is 8. The van der Waals surface area contributed by atoms with Gasteiger partial charge in [-0.1, -0.05) is 49.1 Å². The van der Waals surface area contributed by atoms with Crippen molar-refractivity contribution in [3.05, 3.63) is 42.2 Å². The molecule has 2 aromatic rings. The molecule has 1 heterocycles. The summed E-state index contributed by atoms with van der Waals surface area (Å²) in [5.41, 5.74) is 0.961. The summed E-state index contributed by atoms with van der Waals surface area (Å²) in [4.78, 5) is 24.0. The molecular formula is C19H25N5O2. The number of hydrogen-bond acceptors (Lipinski definition) is 4. The van der Waals surface area contributed by atoms with Gasteiger partial charge in [0.05, 0.1) is 12.7 Å². The maximum absolute atomic E-state index is 12.1. The van der Waals surface area contributed by atoms with Gasteiger partial charge in [0.25, 0.3) is 5.91 Å². The zero-order valence-electron chi connectivity index (χ0n) is 14.9. The molecule has 0 unspecified atom stereocenters. The largest absolute Gasteiger partial charge is 0.354 e. The Balaban J connectivity index is 1.37. The number of aromatic nitrogens is 3. The number of amides is 2. The molecular weight excluding hydrogens is 330 g/mol. The van der Waals surface area contributed by atoms with Crippen molar-refractivity contribution >= 4 is 17.5 Å². The SMILES string of the molecule is O=C(CCC1CCCC1)NCCn1cc(C(=O)Nc2ccccc2)nn1. The molecule has 1 aliphatic carbocycles. The van der Waals surface area contributed by atoms with Crippen LogP contribution in [0.1, 0.15) is 49.0 Å². The van der Waals surface area contributed by atoms with Crippen LogP contribution in [-0.2, 0) is 11.3 Å². The molecule has 0 atom stereocenters. The van der Waals surface area contributed by atoms with Crippen molar-refractivity contribution in [3.8, 4) is 0 Å². The first-order valence-corrected chi connectivity index (χ1v) is 9.24. The van der Waals surface area contributed by atoms with E-state index in [0.717, 1.165) is 12.3 Å². The van der Waals surface area contributed by atoms with E-state index in [9.17, 15) is 9.59 Å². The molecule has 138 valence electrons. The fraction of sp³-hybridized carbons (Fsp3) is 0.474. The molecule has 0 bridgehead atoms. The zero-order chi connectivity index (χ0) is 18.2. The van der Waals surface area contributed by atoms with Crippen molar-refractivity contribution in [2.75, 3.05) is 11.9 Å². The molecule has 0 radical (unpaired) electrons. The van der Waals surface area contributed by atoms with Gasteiger partial charge in [-0.05, 0) is 24.5 Å². The molecule has 2 amide bonds. The average molecular weight is 355 g/mol. The number of nitrogens with one attached hydrogen (secondary N) is 2. The standard InChI is InChI=1S/C19H25N5O2/c25-18(11-10-15-6-4-5-7-15)20-12-13-24-14-17(22-23-24)19(26)21-16-8-2-1-3-9-16/h1-3,8-9,14-15H,4-7,10-13H2,(H,20,25)(H,21,26). The number of hydrogen-bond donors (Lipinski definition) is 2. The number of carbonyl (C=O) groups excluding carboxylic acids is 2. The summed E-state index contributed by atoms with van der Waals surface area (Å²) in [5, 5.41) is 13.5. The molecule has 0 aliphatic heterocycles. The number of para-hydroxylation sites is 1. The van der Waals surface area contributed by atoms with Crippen LogP contribution in [-0.4, -0.2) is 33.4 Å². The average Bonchev–Trinajstić information content (AvgIpc) is 3.33. The van der Waals surface area contributed by atoms with E-state index >= 15 is 0 Å². The van der Waals surface area contributed by atoms with Gasteiger partial charge in [-0.2, -0.15) is 0 Å². The highest BCUT2D eigenvalue weighted by Gasteiger charge is 2.16. The van der Waals surface area contributed by atoms with Crippen LogP contribution in [0, 0.1) is 5.92 Å². The van der Waals surface area contributed by atoms with Gasteiger partial charge in [0.2, 0.25) is 5.91 Å². The summed E-state index contributed by atoms with van der Waals surface area (Å²) in [6, 6.07) is 9.20. The predicted molar refractivity (Wildman–Crippen MR) is 98.6 cm³/mol. The monoisotopic (exact) mass is 355 g/mol. The van der Waals surface area contributed by atoms with Crippen LogP contribution in [0.5, 0.6) is 0 Å². The highest BCUT2D eigenvalue weighted by molar-refractivity contribution is 6.02. The van der Waals surface area contributed by atoms with E-state index < -0.39 is 0 Å². The maximum Gasteiger partial charge on any atom is 0.277 e. The number of benzene rings is 1. The van der Waals surface area contributed by atoms with Gasteiger partial charge in [-0.15, -0.1) is 5.10 Å². The normalized spacial score (nSPS) is 14.3. The molecule has 1 saturated carbocycles. The molecule has 26 heavy (non-hydrogen) atoms. The summed E-state index contributed by atoms with van der Waals surface area (Å²) >= 11 is 0. The van der Waals surface area contributed by atoms with Crippen LogP contribution in [0.15, 0.2) is 36.5 Å². The van der Waals surface area contributed by atoms with E-state index in [2.05, 4.69) is 20.9 Å². The minimum absolute atomic E-state index is 0.0825.